The fourth-order valence-corrected chi connectivity index (χ4v) is 2.99. The molecule has 2 rings (SSSR count). The van der Waals surface area contributed by atoms with Crippen LogP contribution >= 0.6 is 0 Å². The van der Waals surface area contributed by atoms with Crippen molar-refractivity contribution in [1.82, 2.24) is 0 Å². The van der Waals surface area contributed by atoms with E-state index in [-0.39, 0.29) is 17.7 Å². The van der Waals surface area contributed by atoms with Gasteiger partial charge in [-0.15, -0.1) is 0 Å². The van der Waals surface area contributed by atoms with Crippen LogP contribution in [0.5, 0.6) is 0 Å². The monoisotopic (exact) mass is 196 g/mol. The zero-order valence-electron chi connectivity index (χ0n) is 8.54. The number of fused-ring (bicyclic) bond motifs is 1. The highest BCUT2D eigenvalue weighted by atomic mass is 16.5. The van der Waals surface area contributed by atoms with Gasteiger partial charge in [0.05, 0.1) is 12.0 Å². The van der Waals surface area contributed by atoms with Crippen LogP contribution in [0.4, 0.5) is 0 Å². The molecule has 2 aliphatic rings. The van der Waals surface area contributed by atoms with Crippen molar-refractivity contribution in [3.63, 3.8) is 0 Å². The summed E-state index contributed by atoms with van der Waals surface area (Å²) in [4.78, 5) is 23.2. The summed E-state index contributed by atoms with van der Waals surface area (Å²) in [6.45, 7) is 2.23. The van der Waals surface area contributed by atoms with Crippen molar-refractivity contribution in [3.05, 3.63) is 0 Å². The molecule has 0 heterocycles. The second kappa shape index (κ2) is 3.37. The van der Waals surface area contributed by atoms with Crippen LogP contribution in [0.15, 0.2) is 0 Å². The molecule has 0 spiro atoms. The first-order chi connectivity index (χ1) is 6.69. The highest BCUT2D eigenvalue weighted by molar-refractivity contribution is 5.91. The molecule has 0 aromatic carbocycles. The summed E-state index contributed by atoms with van der Waals surface area (Å²) < 4.78 is 5.09. The largest absolute Gasteiger partial charge is 0.466 e. The molecular weight excluding hydrogens is 180 g/mol. The SMILES string of the molecule is CCOC(=O)[C@@]12CCC[C@@H]1CC(=O)C2. The Labute approximate surface area is 83.8 Å². The molecule has 0 bridgehead atoms. The van der Waals surface area contributed by atoms with Gasteiger partial charge >= 0.3 is 5.97 Å². The fraction of sp³-hybridized carbons (Fsp3) is 0.818. The van der Waals surface area contributed by atoms with Crippen LogP contribution < -0.4 is 0 Å². The first-order valence-corrected chi connectivity index (χ1v) is 5.38. The summed E-state index contributed by atoms with van der Waals surface area (Å²) in [5.41, 5.74) is -0.424. The van der Waals surface area contributed by atoms with E-state index in [4.69, 9.17) is 4.74 Å². The minimum Gasteiger partial charge on any atom is -0.466 e. The van der Waals surface area contributed by atoms with E-state index < -0.39 is 5.41 Å². The molecule has 0 aromatic rings. The van der Waals surface area contributed by atoms with Crippen molar-refractivity contribution in [2.75, 3.05) is 6.61 Å². The van der Waals surface area contributed by atoms with E-state index in [2.05, 4.69) is 0 Å². The Hall–Kier alpha value is -0.860. The lowest BCUT2D eigenvalue weighted by Gasteiger charge is -2.25. The lowest BCUT2D eigenvalue weighted by molar-refractivity contribution is -0.157. The van der Waals surface area contributed by atoms with Gasteiger partial charge in [-0.2, -0.15) is 0 Å². The smallest absolute Gasteiger partial charge is 0.312 e. The molecule has 3 nitrogen and oxygen atoms in total. The lowest BCUT2D eigenvalue weighted by atomic mass is 9.80. The molecule has 2 aliphatic carbocycles. The first kappa shape index (κ1) is 9.69. The van der Waals surface area contributed by atoms with Crippen LogP contribution in [0.25, 0.3) is 0 Å². The second-order valence-electron chi connectivity index (χ2n) is 4.39. The summed E-state index contributed by atoms with van der Waals surface area (Å²) in [5.74, 6) is 0.380. The number of carbonyl (C=O) groups is 2. The number of esters is 1. The number of hydrogen-bond donors (Lipinski definition) is 0. The average Bonchev–Trinajstić information content (AvgIpc) is 2.61. The Bertz CT molecular complexity index is 272. The standard InChI is InChI=1S/C11H16O3/c1-2-14-10(13)11-5-3-4-8(11)6-9(12)7-11/h8H,2-7H2,1H3/t8-,11-/m1/s1. The van der Waals surface area contributed by atoms with Crippen molar-refractivity contribution in [3.8, 4) is 0 Å². The van der Waals surface area contributed by atoms with E-state index in [1.807, 2.05) is 6.92 Å². The third kappa shape index (κ3) is 1.26. The average molecular weight is 196 g/mol. The van der Waals surface area contributed by atoms with E-state index in [9.17, 15) is 9.59 Å². The van der Waals surface area contributed by atoms with Gasteiger partial charge in [-0.05, 0) is 25.7 Å². The van der Waals surface area contributed by atoms with Crippen LogP contribution in [-0.2, 0) is 14.3 Å². The Morgan fingerprint density at radius 1 is 1.64 bits per heavy atom. The Balaban J connectivity index is 2.19. The van der Waals surface area contributed by atoms with Crippen molar-refractivity contribution in [1.29, 1.82) is 0 Å². The molecule has 0 radical (unpaired) electrons. The van der Waals surface area contributed by atoms with Gasteiger partial charge in [0.25, 0.3) is 0 Å². The van der Waals surface area contributed by atoms with Gasteiger partial charge in [-0.25, -0.2) is 0 Å². The zero-order chi connectivity index (χ0) is 10.2. The van der Waals surface area contributed by atoms with Crippen LogP contribution in [0.1, 0.15) is 39.0 Å². The van der Waals surface area contributed by atoms with Crippen molar-refractivity contribution < 1.29 is 14.3 Å². The summed E-state index contributed by atoms with van der Waals surface area (Å²) in [5, 5.41) is 0. The van der Waals surface area contributed by atoms with Gasteiger partial charge in [-0.1, -0.05) is 6.42 Å². The van der Waals surface area contributed by atoms with Crippen LogP contribution in [0, 0.1) is 11.3 Å². The maximum Gasteiger partial charge on any atom is 0.312 e. The van der Waals surface area contributed by atoms with Crippen LogP contribution in [0.3, 0.4) is 0 Å². The Morgan fingerprint density at radius 2 is 2.43 bits per heavy atom. The third-order valence-corrected chi connectivity index (χ3v) is 3.63. The summed E-state index contributed by atoms with van der Waals surface area (Å²) >= 11 is 0. The van der Waals surface area contributed by atoms with Gasteiger partial charge in [0.1, 0.15) is 5.78 Å². The van der Waals surface area contributed by atoms with E-state index in [0.717, 1.165) is 19.3 Å². The first-order valence-electron chi connectivity index (χ1n) is 5.38. The number of ketones is 1. The highest BCUT2D eigenvalue weighted by Crippen LogP contribution is 2.53. The summed E-state index contributed by atoms with van der Waals surface area (Å²) in [6, 6.07) is 0. The summed E-state index contributed by atoms with van der Waals surface area (Å²) in [6.07, 6.45) is 3.96. The van der Waals surface area contributed by atoms with E-state index in [1.54, 1.807) is 0 Å². The number of hydrogen-bond acceptors (Lipinski definition) is 3. The minimum absolute atomic E-state index is 0.131. The van der Waals surface area contributed by atoms with Crippen molar-refractivity contribution in [2.45, 2.75) is 39.0 Å². The van der Waals surface area contributed by atoms with E-state index >= 15 is 0 Å². The molecule has 2 saturated carbocycles. The molecule has 0 unspecified atom stereocenters. The molecule has 3 heteroatoms. The molecule has 2 atom stereocenters. The molecule has 0 aliphatic heterocycles. The van der Waals surface area contributed by atoms with Crippen LogP contribution in [0.2, 0.25) is 0 Å². The van der Waals surface area contributed by atoms with Gasteiger partial charge in [0, 0.05) is 12.8 Å². The van der Waals surface area contributed by atoms with Gasteiger partial charge in [0.15, 0.2) is 0 Å². The van der Waals surface area contributed by atoms with E-state index in [0.29, 0.717) is 19.4 Å². The van der Waals surface area contributed by atoms with Gasteiger partial charge < -0.3 is 4.74 Å². The topological polar surface area (TPSA) is 43.4 Å². The number of rotatable bonds is 2. The molecule has 0 amide bonds. The predicted octanol–water partition coefficient (Wildman–Crippen LogP) is 1.70. The molecule has 0 N–H and O–H groups in total. The molecular formula is C11H16O3. The number of Topliss-reactive ketones (excluding diaryl/α,β-unsaturated/α-hetero) is 1. The normalized spacial score (nSPS) is 35.8. The third-order valence-electron chi connectivity index (χ3n) is 3.63. The molecule has 2 fully saturated rings. The molecule has 0 aromatic heterocycles. The number of ether oxygens (including phenoxy) is 1. The van der Waals surface area contributed by atoms with Crippen LogP contribution in [-0.4, -0.2) is 18.4 Å². The quantitative estimate of drug-likeness (QED) is 0.631. The summed E-state index contributed by atoms with van der Waals surface area (Å²) in [7, 11) is 0. The van der Waals surface area contributed by atoms with Crippen molar-refractivity contribution >= 4 is 11.8 Å². The number of carbonyl (C=O) groups excluding carboxylic acids is 2. The highest BCUT2D eigenvalue weighted by Gasteiger charge is 2.55. The van der Waals surface area contributed by atoms with E-state index in [1.165, 1.54) is 0 Å². The fourth-order valence-electron chi connectivity index (χ4n) is 2.99. The lowest BCUT2D eigenvalue weighted by Crippen LogP contribution is -2.32. The Morgan fingerprint density at radius 3 is 3.14 bits per heavy atom. The minimum atomic E-state index is -0.424. The van der Waals surface area contributed by atoms with Crippen molar-refractivity contribution in [2.24, 2.45) is 11.3 Å². The maximum absolute atomic E-state index is 11.8. The zero-order valence-corrected chi connectivity index (χ0v) is 8.54. The molecule has 0 saturated heterocycles. The van der Waals surface area contributed by atoms with Gasteiger partial charge in [-0.3, -0.25) is 9.59 Å². The van der Waals surface area contributed by atoms with Gasteiger partial charge in [0.2, 0.25) is 0 Å². The molecule has 14 heavy (non-hydrogen) atoms. The maximum atomic E-state index is 11.8. The molecule has 78 valence electrons. The predicted molar refractivity (Wildman–Crippen MR) is 50.6 cm³/mol. The Kier molecular flexibility index (Phi) is 2.33. The second-order valence-corrected chi connectivity index (χ2v) is 4.39.